The van der Waals surface area contributed by atoms with E-state index in [1.165, 1.54) is 11.1 Å². The van der Waals surface area contributed by atoms with Crippen LogP contribution in [0.1, 0.15) is 73.9 Å². The Kier molecular flexibility index (Phi) is 5.08. The molecule has 4 aliphatic rings. The molecule has 8 nitrogen and oxygen atoms in total. The van der Waals surface area contributed by atoms with E-state index >= 15 is 0 Å². The molecule has 2 heterocycles. The smallest absolute Gasteiger partial charge is 0.198 e. The average Bonchev–Trinajstić information content (AvgIpc) is 3.37. The fraction of sp³-hybridized carbons (Fsp3) is 0.243. The lowest BCUT2D eigenvalue weighted by molar-refractivity contribution is 0.348. The molecule has 8 heteroatoms. The minimum Gasteiger partial charge on any atom is -0.451 e. The third-order valence-electron chi connectivity index (χ3n) is 9.63. The van der Waals surface area contributed by atoms with Crippen molar-refractivity contribution in [1.29, 1.82) is 10.5 Å². The van der Waals surface area contributed by atoms with Crippen molar-refractivity contribution >= 4 is 11.4 Å². The van der Waals surface area contributed by atoms with Crippen molar-refractivity contribution in [3.8, 4) is 58.1 Å². The van der Waals surface area contributed by atoms with E-state index in [1.54, 1.807) is 24.3 Å². The second kappa shape index (κ2) is 8.57. The first-order valence-corrected chi connectivity index (χ1v) is 14.5. The summed E-state index contributed by atoms with van der Waals surface area (Å²) in [5.41, 5.74) is 4.83. The predicted octanol–water partition coefficient (Wildman–Crippen LogP) is 9.98. The topological polar surface area (TPSA) is 93.2 Å². The molecule has 0 aromatic heterocycles. The second-order valence-electron chi connectivity index (χ2n) is 13.4. The summed E-state index contributed by atoms with van der Waals surface area (Å²) < 4.78 is 25.3. The highest BCUT2D eigenvalue weighted by Crippen LogP contribution is 2.66. The van der Waals surface area contributed by atoms with E-state index in [4.69, 9.17) is 32.1 Å². The zero-order valence-electron chi connectivity index (χ0n) is 25.0. The van der Waals surface area contributed by atoms with E-state index in [0.29, 0.717) is 46.0 Å². The molecule has 0 fully saturated rings. The van der Waals surface area contributed by atoms with Crippen molar-refractivity contribution in [3.63, 3.8) is 0 Å². The van der Waals surface area contributed by atoms with Crippen molar-refractivity contribution < 1.29 is 18.9 Å². The normalized spacial score (nSPS) is 19.6. The van der Waals surface area contributed by atoms with Crippen LogP contribution >= 0.6 is 0 Å². The quantitative estimate of drug-likeness (QED) is 0.164. The van der Waals surface area contributed by atoms with Gasteiger partial charge in [-0.05, 0) is 82.3 Å². The van der Waals surface area contributed by atoms with Crippen molar-refractivity contribution in [3.05, 3.63) is 105 Å². The maximum absolute atomic E-state index is 9.56. The second-order valence-corrected chi connectivity index (χ2v) is 13.4. The molecule has 45 heavy (non-hydrogen) atoms. The Bertz CT molecular complexity index is 2080. The van der Waals surface area contributed by atoms with Gasteiger partial charge in [-0.25, -0.2) is 9.69 Å². The SMILES string of the molecule is [C-]#[N+]c1cc2c(cc1[N+]#[C-])Oc1cc3c(cc1O2)C(C)(C)CC31CC(C)(C)c2cc3c(cc21)Oc1cc(C#N)c(C#N)cc1O3. The lowest BCUT2D eigenvalue weighted by Crippen LogP contribution is -2.27. The molecule has 0 saturated carbocycles. The van der Waals surface area contributed by atoms with Crippen LogP contribution in [0.4, 0.5) is 11.4 Å². The van der Waals surface area contributed by atoms with E-state index in [2.05, 4.69) is 73.8 Å². The molecule has 8 rings (SSSR count). The van der Waals surface area contributed by atoms with Crippen LogP contribution in [-0.2, 0) is 16.2 Å². The molecule has 216 valence electrons. The van der Waals surface area contributed by atoms with Crippen LogP contribution in [0.5, 0.6) is 46.0 Å². The van der Waals surface area contributed by atoms with E-state index in [0.717, 1.165) is 24.0 Å². The highest BCUT2D eigenvalue weighted by atomic mass is 16.6. The number of benzene rings is 4. The number of ether oxygens (including phenoxy) is 4. The van der Waals surface area contributed by atoms with Gasteiger partial charge in [-0.15, -0.1) is 0 Å². The Balaban J connectivity index is 1.27. The summed E-state index contributed by atoms with van der Waals surface area (Å²) in [5, 5.41) is 19.1. The molecule has 2 aliphatic carbocycles. The van der Waals surface area contributed by atoms with E-state index in [-0.39, 0.29) is 38.7 Å². The van der Waals surface area contributed by atoms with Crippen LogP contribution in [0.2, 0.25) is 0 Å². The van der Waals surface area contributed by atoms with Gasteiger partial charge in [0.25, 0.3) is 0 Å². The molecular formula is C37H24N4O4. The summed E-state index contributed by atoms with van der Waals surface area (Å²) in [4.78, 5) is 6.98. The van der Waals surface area contributed by atoms with Crippen LogP contribution < -0.4 is 18.9 Å². The summed E-state index contributed by atoms with van der Waals surface area (Å²) in [6, 6.07) is 18.7. The van der Waals surface area contributed by atoms with Crippen molar-refractivity contribution in [1.82, 2.24) is 0 Å². The summed E-state index contributed by atoms with van der Waals surface area (Å²) in [6.45, 7) is 23.9. The van der Waals surface area contributed by atoms with Crippen LogP contribution in [0.3, 0.4) is 0 Å². The van der Waals surface area contributed by atoms with Gasteiger partial charge in [-0.1, -0.05) is 27.7 Å². The standard InChI is InChI=1S/C37H24N4O4/c1-35(2)17-37(23-11-31-29(9-21(23)35)42-27-7-19(15-38)20(16-39)8-28(27)43-31)18-36(3,4)22-10-30-32(12-24(22)37)45-34-14-26(41-6)25(40-5)13-33(34)44-30/h7-14H,17-18H2,1-4H3. The Morgan fingerprint density at radius 1 is 0.533 bits per heavy atom. The minimum absolute atomic E-state index is 0.198. The van der Waals surface area contributed by atoms with E-state index in [9.17, 15) is 10.5 Å². The van der Waals surface area contributed by atoms with Crippen LogP contribution in [0.15, 0.2) is 48.5 Å². The molecule has 4 aromatic rings. The number of hydrogen-bond acceptors (Lipinski definition) is 6. The van der Waals surface area contributed by atoms with Gasteiger partial charge in [0.2, 0.25) is 0 Å². The first kappa shape index (κ1) is 26.7. The minimum atomic E-state index is -0.354. The van der Waals surface area contributed by atoms with E-state index < -0.39 is 0 Å². The first-order valence-electron chi connectivity index (χ1n) is 14.5. The summed E-state index contributed by atoms with van der Waals surface area (Å²) in [7, 11) is 0. The Morgan fingerprint density at radius 2 is 0.844 bits per heavy atom. The number of rotatable bonds is 0. The van der Waals surface area contributed by atoms with Gasteiger partial charge in [0.15, 0.2) is 57.4 Å². The predicted molar refractivity (Wildman–Crippen MR) is 164 cm³/mol. The highest BCUT2D eigenvalue weighted by molar-refractivity contribution is 5.77. The fourth-order valence-electron chi connectivity index (χ4n) is 7.89. The Labute approximate surface area is 260 Å². The molecule has 2 aliphatic heterocycles. The number of nitriles is 2. The van der Waals surface area contributed by atoms with Gasteiger partial charge in [0, 0.05) is 17.5 Å². The maximum atomic E-state index is 9.56. The van der Waals surface area contributed by atoms with E-state index in [1.807, 2.05) is 0 Å². The molecule has 0 radical (unpaired) electrons. The molecular weight excluding hydrogens is 564 g/mol. The first-order chi connectivity index (χ1) is 21.5. The van der Waals surface area contributed by atoms with Gasteiger partial charge in [0.05, 0.1) is 24.3 Å². The molecule has 4 aromatic carbocycles. The molecule has 0 N–H and O–H groups in total. The lowest BCUT2D eigenvalue weighted by Gasteiger charge is -2.31. The monoisotopic (exact) mass is 588 g/mol. The summed E-state index contributed by atoms with van der Waals surface area (Å²) in [5.74, 6) is 3.93. The molecule has 1 spiro atoms. The van der Waals surface area contributed by atoms with Gasteiger partial charge < -0.3 is 18.9 Å². The molecule has 0 saturated heterocycles. The van der Waals surface area contributed by atoms with Gasteiger partial charge in [0.1, 0.15) is 12.1 Å². The van der Waals surface area contributed by atoms with Crippen LogP contribution in [0, 0.1) is 35.8 Å². The number of nitrogens with zero attached hydrogens (tertiary/aromatic N) is 4. The number of hydrogen-bond donors (Lipinski definition) is 0. The average molecular weight is 589 g/mol. The van der Waals surface area contributed by atoms with Crippen LogP contribution in [-0.4, -0.2) is 0 Å². The highest BCUT2D eigenvalue weighted by Gasteiger charge is 2.57. The number of fused-ring (bicyclic) bond motifs is 8. The molecule has 1 atom stereocenters. The lowest BCUT2D eigenvalue weighted by atomic mass is 9.72. The summed E-state index contributed by atoms with van der Waals surface area (Å²) >= 11 is 0. The molecule has 1 unspecified atom stereocenters. The van der Waals surface area contributed by atoms with Crippen molar-refractivity contribution in [2.45, 2.75) is 56.8 Å². The van der Waals surface area contributed by atoms with Gasteiger partial charge in [-0.2, -0.15) is 10.5 Å². The van der Waals surface area contributed by atoms with Crippen molar-refractivity contribution in [2.24, 2.45) is 0 Å². The van der Waals surface area contributed by atoms with Crippen LogP contribution in [0.25, 0.3) is 9.69 Å². The third kappa shape index (κ3) is 3.55. The zero-order chi connectivity index (χ0) is 31.5. The summed E-state index contributed by atoms with van der Waals surface area (Å²) in [6.07, 6.45) is 1.71. The molecule has 0 bridgehead atoms. The van der Waals surface area contributed by atoms with Gasteiger partial charge >= 0.3 is 0 Å². The Hall–Kier alpha value is -5.96. The largest absolute Gasteiger partial charge is 0.451 e. The Morgan fingerprint density at radius 3 is 1.18 bits per heavy atom. The fourth-order valence-corrected chi connectivity index (χ4v) is 7.89. The zero-order valence-corrected chi connectivity index (χ0v) is 25.0. The maximum Gasteiger partial charge on any atom is 0.198 e. The third-order valence-corrected chi connectivity index (χ3v) is 9.63. The van der Waals surface area contributed by atoms with Crippen molar-refractivity contribution in [2.75, 3.05) is 0 Å². The van der Waals surface area contributed by atoms with Gasteiger partial charge in [-0.3, -0.25) is 0 Å². The molecule has 0 amide bonds.